The first kappa shape index (κ1) is 18.8. The largest absolute Gasteiger partial charge is 0.493 e. The van der Waals surface area contributed by atoms with Crippen LogP contribution >= 0.6 is 39.3 Å². The van der Waals surface area contributed by atoms with Crippen molar-refractivity contribution in [2.45, 2.75) is 6.61 Å². The second-order valence-corrected chi connectivity index (χ2v) is 7.64. The lowest BCUT2D eigenvalue weighted by Gasteiger charge is -2.13. The molecule has 0 aromatic heterocycles. The van der Waals surface area contributed by atoms with Gasteiger partial charge in [-0.1, -0.05) is 39.7 Å². The van der Waals surface area contributed by atoms with E-state index < -0.39 is 11.1 Å². The number of imide groups is 1. The molecular weight excluding hydrogens is 442 g/mol. The number of carbonyl (C=O) groups excluding carboxylic acids is 2. The molecule has 0 unspecified atom stereocenters. The second kappa shape index (κ2) is 8.16. The number of rotatable bonds is 5. The summed E-state index contributed by atoms with van der Waals surface area (Å²) in [7, 11) is 1.51. The Morgan fingerprint density at radius 2 is 1.96 bits per heavy atom. The number of ether oxygens (including phenoxy) is 2. The van der Waals surface area contributed by atoms with Gasteiger partial charge >= 0.3 is 0 Å². The van der Waals surface area contributed by atoms with E-state index in [1.807, 2.05) is 24.3 Å². The van der Waals surface area contributed by atoms with Crippen molar-refractivity contribution in [3.63, 3.8) is 0 Å². The van der Waals surface area contributed by atoms with Crippen molar-refractivity contribution in [3.8, 4) is 11.5 Å². The molecule has 0 saturated carbocycles. The molecule has 134 valence electrons. The third kappa shape index (κ3) is 4.41. The Morgan fingerprint density at radius 1 is 1.23 bits per heavy atom. The van der Waals surface area contributed by atoms with E-state index >= 15 is 0 Å². The van der Waals surface area contributed by atoms with E-state index in [-0.39, 0.29) is 0 Å². The van der Waals surface area contributed by atoms with E-state index in [2.05, 4.69) is 21.2 Å². The number of benzene rings is 2. The van der Waals surface area contributed by atoms with Crippen molar-refractivity contribution < 1.29 is 19.1 Å². The molecule has 2 aromatic carbocycles. The first-order valence-corrected chi connectivity index (χ1v) is 9.44. The third-order valence-corrected chi connectivity index (χ3v) is 5.11. The number of carbonyl (C=O) groups is 2. The minimum atomic E-state index is -0.425. The lowest BCUT2D eigenvalue weighted by Crippen LogP contribution is -2.17. The maximum absolute atomic E-state index is 11.7. The lowest BCUT2D eigenvalue weighted by molar-refractivity contribution is -0.115. The highest BCUT2D eigenvalue weighted by atomic mass is 79.9. The summed E-state index contributed by atoms with van der Waals surface area (Å²) < 4.78 is 12.2. The topological polar surface area (TPSA) is 64.6 Å². The number of amides is 2. The van der Waals surface area contributed by atoms with Gasteiger partial charge in [-0.2, -0.15) is 0 Å². The van der Waals surface area contributed by atoms with Crippen LogP contribution in [0.4, 0.5) is 4.79 Å². The predicted octanol–water partition coefficient (Wildman–Crippen LogP) is 5.01. The minimum Gasteiger partial charge on any atom is -0.493 e. The maximum Gasteiger partial charge on any atom is 0.290 e. The van der Waals surface area contributed by atoms with Crippen molar-refractivity contribution in [1.29, 1.82) is 0 Å². The first-order valence-electron chi connectivity index (χ1n) is 7.46. The van der Waals surface area contributed by atoms with Crippen molar-refractivity contribution in [2.75, 3.05) is 7.11 Å². The molecular formula is C18H13BrClNO4S. The van der Waals surface area contributed by atoms with Gasteiger partial charge in [-0.15, -0.1) is 0 Å². The molecule has 1 aliphatic rings. The van der Waals surface area contributed by atoms with Crippen LogP contribution in [0, 0.1) is 0 Å². The summed E-state index contributed by atoms with van der Waals surface area (Å²) >= 11 is 10.6. The summed E-state index contributed by atoms with van der Waals surface area (Å²) in [6, 6.07) is 11.1. The van der Waals surface area contributed by atoms with Crippen LogP contribution in [0.2, 0.25) is 5.02 Å². The molecule has 5 nitrogen and oxygen atoms in total. The molecule has 1 fully saturated rings. The zero-order chi connectivity index (χ0) is 18.7. The molecule has 1 aliphatic heterocycles. The fourth-order valence-electron chi connectivity index (χ4n) is 2.27. The van der Waals surface area contributed by atoms with Crippen molar-refractivity contribution in [2.24, 2.45) is 0 Å². The van der Waals surface area contributed by atoms with E-state index in [9.17, 15) is 9.59 Å². The third-order valence-electron chi connectivity index (χ3n) is 3.49. The molecule has 1 N–H and O–H groups in total. The molecule has 0 aliphatic carbocycles. The highest BCUT2D eigenvalue weighted by Gasteiger charge is 2.25. The Morgan fingerprint density at radius 3 is 2.58 bits per heavy atom. The zero-order valence-electron chi connectivity index (χ0n) is 13.5. The van der Waals surface area contributed by atoms with Gasteiger partial charge in [0.05, 0.1) is 17.0 Å². The predicted molar refractivity (Wildman–Crippen MR) is 106 cm³/mol. The van der Waals surface area contributed by atoms with E-state index in [1.165, 1.54) is 7.11 Å². The molecule has 0 bridgehead atoms. The molecule has 26 heavy (non-hydrogen) atoms. The molecule has 2 aromatic rings. The summed E-state index contributed by atoms with van der Waals surface area (Å²) in [6.45, 7) is 0.330. The summed E-state index contributed by atoms with van der Waals surface area (Å²) in [5, 5.41) is 2.16. The van der Waals surface area contributed by atoms with E-state index in [1.54, 1.807) is 18.2 Å². The van der Waals surface area contributed by atoms with Crippen LogP contribution in [0.5, 0.6) is 11.5 Å². The number of thioether (sulfide) groups is 1. The molecule has 1 saturated heterocycles. The summed E-state index contributed by atoms with van der Waals surface area (Å²) in [4.78, 5) is 23.2. The molecule has 1 heterocycles. The van der Waals surface area contributed by atoms with Crippen LogP contribution in [0.15, 0.2) is 45.8 Å². The van der Waals surface area contributed by atoms with Gasteiger partial charge in [0.25, 0.3) is 11.1 Å². The van der Waals surface area contributed by atoms with E-state index in [0.717, 1.165) is 21.8 Å². The van der Waals surface area contributed by atoms with Crippen LogP contribution in [0.1, 0.15) is 11.1 Å². The van der Waals surface area contributed by atoms with Crippen LogP contribution in [0.3, 0.4) is 0 Å². The summed E-state index contributed by atoms with van der Waals surface area (Å²) in [6.07, 6.45) is 1.58. The monoisotopic (exact) mass is 453 g/mol. The highest BCUT2D eigenvalue weighted by molar-refractivity contribution is 9.10. The van der Waals surface area contributed by atoms with E-state index in [4.69, 9.17) is 21.1 Å². The maximum atomic E-state index is 11.7. The fraction of sp³-hybridized carbons (Fsp3) is 0.111. The van der Waals surface area contributed by atoms with Gasteiger partial charge in [-0.05, 0) is 53.2 Å². The lowest BCUT2D eigenvalue weighted by atomic mass is 10.1. The van der Waals surface area contributed by atoms with Crippen LogP contribution in [-0.2, 0) is 11.4 Å². The Labute approximate surface area is 167 Å². The second-order valence-electron chi connectivity index (χ2n) is 5.30. The number of hydrogen-bond donors (Lipinski definition) is 1. The molecule has 0 spiro atoms. The normalized spacial score (nSPS) is 15.3. The Hall–Kier alpha value is -1.96. The smallest absolute Gasteiger partial charge is 0.290 e. The van der Waals surface area contributed by atoms with Crippen molar-refractivity contribution >= 4 is 56.5 Å². The van der Waals surface area contributed by atoms with Gasteiger partial charge in [0, 0.05) is 4.47 Å². The summed E-state index contributed by atoms with van der Waals surface area (Å²) in [5.41, 5.74) is 1.62. The van der Waals surface area contributed by atoms with Crippen LogP contribution < -0.4 is 14.8 Å². The Balaban J connectivity index is 1.83. The van der Waals surface area contributed by atoms with Gasteiger partial charge < -0.3 is 9.47 Å². The van der Waals surface area contributed by atoms with Crippen molar-refractivity contribution in [1.82, 2.24) is 5.32 Å². The number of hydrogen-bond acceptors (Lipinski definition) is 5. The fourth-order valence-corrected chi connectivity index (χ4v) is 3.49. The Bertz CT molecular complexity index is 899. The van der Waals surface area contributed by atoms with Crippen molar-refractivity contribution in [3.05, 3.63) is 61.9 Å². The number of halogens is 2. The van der Waals surface area contributed by atoms with Gasteiger partial charge in [0.15, 0.2) is 11.5 Å². The first-order chi connectivity index (χ1) is 12.5. The quantitative estimate of drug-likeness (QED) is 0.643. The number of methoxy groups -OCH3 is 1. The van der Waals surface area contributed by atoms with Gasteiger partial charge in [0.2, 0.25) is 0 Å². The average molecular weight is 455 g/mol. The van der Waals surface area contributed by atoms with E-state index in [0.29, 0.717) is 33.6 Å². The van der Waals surface area contributed by atoms with Gasteiger partial charge in [0.1, 0.15) is 6.61 Å². The van der Waals surface area contributed by atoms with Gasteiger partial charge in [-0.25, -0.2) is 0 Å². The Kier molecular flexibility index (Phi) is 5.90. The molecule has 8 heteroatoms. The minimum absolute atomic E-state index is 0.302. The SMILES string of the molecule is COc1cc(/C=C2\SC(=O)NC2=O)cc(Cl)c1OCc1ccc(Br)cc1. The van der Waals surface area contributed by atoms with Crippen LogP contribution in [-0.4, -0.2) is 18.3 Å². The molecule has 2 amide bonds. The molecule has 0 radical (unpaired) electrons. The highest BCUT2D eigenvalue weighted by Crippen LogP contribution is 2.38. The average Bonchev–Trinajstić information content (AvgIpc) is 2.92. The van der Waals surface area contributed by atoms with Gasteiger partial charge in [-0.3, -0.25) is 14.9 Å². The standard InChI is InChI=1S/C18H13BrClNO4S/c1-24-14-7-11(8-15-17(22)21-18(23)26-15)6-13(20)16(14)25-9-10-2-4-12(19)5-3-10/h2-8H,9H2,1H3,(H,21,22,23)/b15-8-. The van der Waals surface area contributed by atoms with Crippen LogP contribution in [0.25, 0.3) is 6.08 Å². The summed E-state index contributed by atoms with van der Waals surface area (Å²) in [5.74, 6) is 0.431. The zero-order valence-corrected chi connectivity index (χ0v) is 16.7. The molecule has 0 atom stereocenters. The molecule has 3 rings (SSSR count). The number of nitrogens with one attached hydrogen (secondary N) is 1.